The van der Waals surface area contributed by atoms with Crippen LogP contribution in [0.1, 0.15) is 52.0 Å². The first-order chi connectivity index (χ1) is 16.0. The van der Waals surface area contributed by atoms with Crippen LogP contribution in [0.5, 0.6) is 0 Å². The van der Waals surface area contributed by atoms with Crippen LogP contribution in [0.3, 0.4) is 0 Å². The van der Waals surface area contributed by atoms with Gasteiger partial charge in [-0.1, -0.05) is 6.07 Å². The van der Waals surface area contributed by atoms with Crippen molar-refractivity contribution >= 4 is 17.9 Å². The van der Waals surface area contributed by atoms with Gasteiger partial charge in [-0.25, -0.2) is 14.6 Å². The lowest BCUT2D eigenvalue weighted by Gasteiger charge is -2.42. The maximum atomic E-state index is 13.2. The molecule has 0 N–H and O–H groups in total. The van der Waals surface area contributed by atoms with E-state index in [1.807, 2.05) is 41.5 Å². The van der Waals surface area contributed by atoms with Gasteiger partial charge in [-0.3, -0.25) is 4.90 Å². The van der Waals surface area contributed by atoms with Crippen molar-refractivity contribution in [2.75, 3.05) is 63.9 Å². The number of ether oxygens (including phenoxy) is 1. The highest BCUT2D eigenvalue weighted by molar-refractivity contribution is 5.94. The fraction of sp³-hybridized carbons (Fsp3) is 0.720. The molecule has 0 aromatic carbocycles. The van der Waals surface area contributed by atoms with Crippen molar-refractivity contribution in [2.45, 2.75) is 51.9 Å². The molecule has 182 valence electrons. The van der Waals surface area contributed by atoms with Gasteiger partial charge >= 0.3 is 12.1 Å². The summed E-state index contributed by atoms with van der Waals surface area (Å²) < 4.78 is 5.14. The molecule has 0 unspecified atom stereocenters. The third kappa shape index (κ3) is 4.81. The smallest absolute Gasteiger partial charge is 0.409 e. The van der Waals surface area contributed by atoms with Crippen molar-refractivity contribution in [1.82, 2.24) is 19.7 Å². The number of piperidine rings is 2. The Bertz CT molecular complexity index is 827. The fourth-order valence-corrected chi connectivity index (χ4v) is 5.78. The predicted octanol–water partition coefficient (Wildman–Crippen LogP) is 3.57. The van der Waals surface area contributed by atoms with Crippen molar-refractivity contribution in [2.24, 2.45) is 5.92 Å². The summed E-state index contributed by atoms with van der Waals surface area (Å²) in [6.45, 7) is 13.3. The lowest BCUT2D eigenvalue weighted by Crippen LogP contribution is -2.50. The summed E-state index contributed by atoms with van der Waals surface area (Å²) in [5, 5.41) is 0. The van der Waals surface area contributed by atoms with E-state index in [1.165, 1.54) is 5.56 Å². The van der Waals surface area contributed by atoms with Gasteiger partial charge in [0.1, 0.15) is 5.82 Å². The number of aromatic nitrogens is 1. The van der Waals surface area contributed by atoms with E-state index in [4.69, 9.17) is 4.74 Å². The Morgan fingerprint density at radius 1 is 1.12 bits per heavy atom. The topological polar surface area (TPSA) is 69.2 Å². The second-order valence-electron chi connectivity index (χ2n) is 9.63. The molecule has 0 atom stereocenters. The van der Waals surface area contributed by atoms with E-state index in [1.54, 1.807) is 6.20 Å². The van der Waals surface area contributed by atoms with Crippen LogP contribution in [0.25, 0.3) is 0 Å². The van der Waals surface area contributed by atoms with Crippen LogP contribution >= 0.6 is 0 Å². The Labute approximate surface area is 197 Å². The molecule has 33 heavy (non-hydrogen) atoms. The van der Waals surface area contributed by atoms with Gasteiger partial charge in [-0.2, -0.15) is 0 Å². The van der Waals surface area contributed by atoms with Crippen LogP contribution in [0.15, 0.2) is 18.3 Å². The van der Waals surface area contributed by atoms with Gasteiger partial charge in [0.25, 0.3) is 0 Å². The van der Waals surface area contributed by atoms with Gasteiger partial charge in [-0.15, -0.1) is 0 Å². The lowest BCUT2D eigenvalue weighted by atomic mass is 9.74. The highest BCUT2D eigenvalue weighted by Gasteiger charge is 2.47. The first-order valence-corrected chi connectivity index (χ1v) is 12.7. The number of carbonyl (C=O) groups excluding carboxylic acids is 2. The molecule has 4 rings (SSSR count). The largest absolute Gasteiger partial charge is 0.450 e. The average molecular weight is 458 g/mol. The Morgan fingerprint density at radius 2 is 1.82 bits per heavy atom. The zero-order chi connectivity index (χ0) is 23.4. The van der Waals surface area contributed by atoms with Gasteiger partial charge in [0.2, 0.25) is 0 Å². The summed E-state index contributed by atoms with van der Waals surface area (Å²) >= 11 is 0. The number of carbonyl (C=O) groups is 2. The summed E-state index contributed by atoms with van der Waals surface area (Å²) in [4.78, 5) is 38.0. The minimum absolute atomic E-state index is 0.0101. The van der Waals surface area contributed by atoms with Crippen LogP contribution in [-0.4, -0.2) is 90.8 Å². The molecule has 1 aromatic heterocycles. The SMILES string of the molecule is CCOC(=O)N1CCC(CN2CCC3(CC2)CN(C(=O)N(CC)CC)c2ncccc23)CC1. The summed E-state index contributed by atoms with van der Waals surface area (Å²) in [5.74, 6) is 1.48. The molecule has 8 nitrogen and oxygen atoms in total. The van der Waals surface area contributed by atoms with Crippen LogP contribution in [0.2, 0.25) is 0 Å². The Balaban J connectivity index is 1.35. The molecular weight excluding hydrogens is 418 g/mol. The first kappa shape index (κ1) is 23.8. The second-order valence-corrected chi connectivity index (χ2v) is 9.63. The van der Waals surface area contributed by atoms with Crippen LogP contribution < -0.4 is 4.90 Å². The van der Waals surface area contributed by atoms with Crippen LogP contribution in [0, 0.1) is 5.92 Å². The normalized spacial score (nSPS) is 20.7. The van der Waals surface area contributed by atoms with Gasteiger partial charge < -0.3 is 19.4 Å². The van der Waals surface area contributed by atoms with Crippen LogP contribution in [-0.2, 0) is 10.2 Å². The standard InChI is InChI=1S/C25H39N5O3/c1-4-28(5-2)23(31)30-19-25(21-8-7-13-26-22(21)30)11-16-27(17-12-25)18-20-9-14-29(15-10-20)24(32)33-6-3/h7-8,13,20H,4-6,9-12,14-19H2,1-3H3. The number of hydrogen-bond acceptors (Lipinski definition) is 5. The molecule has 3 amide bonds. The van der Waals surface area contributed by atoms with Crippen molar-refractivity contribution in [3.8, 4) is 0 Å². The van der Waals surface area contributed by atoms with Gasteiger partial charge in [-0.05, 0) is 71.5 Å². The van der Waals surface area contributed by atoms with Crippen molar-refractivity contribution in [1.29, 1.82) is 0 Å². The van der Waals surface area contributed by atoms with Crippen molar-refractivity contribution in [3.63, 3.8) is 0 Å². The molecular formula is C25H39N5O3. The zero-order valence-corrected chi connectivity index (χ0v) is 20.5. The van der Waals surface area contributed by atoms with E-state index in [2.05, 4.69) is 16.0 Å². The highest BCUT2D eigenvalue weighted by atomic mass is 16.6. The maximum Gasteiger partial charge on any atom is 0.409 e. The third-order valence-corrected chi connectivity index (χ3v) is 7.81. The predicted molar refractivity (Wildman–Crippen MR) is 129 cm³/mol. The number of fused-ring (bicyclic) bond motifs is 2. The number of likely N-dealkylation sites (tertiary alicyclic amines) is 2. The first-order valence-electron chi connectivity index (χ1n) is 12.7. The Kier molecular flexibility index (Phi) is 7.41. The van der Waals surface area contributed by atoms with Gasteiger partial charge in [0, 0.05) is 56.4 Å². The van der Waals surface area contributed by atoms with Gasteiger partial charge in [0.15, 0.2) is 0 Å². The van der Waals surface area contributed by atoms with Crippen LogP contribution in [0.4, 0.5) is 15.4 Å². The molecule has 3 aliphatic heterocycles. The van der Waals surface area contributed by atoms with Gasteiger partial charge in [0.05, 0.1) is 6.61 Å². The lowest BCUT2D eigenvalue weighted by molar-refractivity contribution is 0.0798. The monoisotopic (exact) mass is 457 g/mol. The highest BCUT2D eigenvalue weighted by Crippen LogP contribution is 2.46. The molecule has 0 bridgehead atoms. The number of anilines is 1. The number of rotatable bonds is 5. The van der Waals surface area contributed by atoms with E-state index in [0.29, 0.717) is 25.6 Å². The van der Waals surface area contributed by atoms with E-state index in [9.17, 15) is 9.59 Å². The maximum absolute atomic E-state index is 13.2. The van der Waals surface area contributed by atoms with E-state index in [-0.39, 0.29) is 17.5 Å². The minimum Gasteiger partial charge on any atom is -0.450 e. The van der Waals surface area contributed by atoms with Crippen molar-refractivity contribution < 1.29 is 14.3 Å². The fourth-order valence-electron chi connectivity index (χ4n) is 5.78. The second kappa shape index (κ2) is 10.3. The molecule has 1 aromatic rings. The molecule has 2 fully saturated rings. The molecule has 0 saturated carbocycles. The Hall–Kier alpha value is -2.35. The molecule has 4 heterocycles. The molecule has 2 saturated heterocycles. The molecule has 1 spiro atoms. The number of urea groups is 1. The summed E-state index contributed by atoms with van der Waals surface area (Å²) in [7, 11) is 0. The van der Waals surface area contributed by atoms with E-state index in [0.717, 1.165) is 70.8 Å². The molecule has 8 heteroatoms. The number of hydrogen-bond donors (Lipinski definition) is 0. The number of amides is 3. The summed E-state index contributed by atoms with van der Waals surface area (Å²) in [6, 6.07) is 4.27. The molecule has 0 radical (unpaired) electrons. The summed E-state index contributed by atoms with van der Waals surface area (Å²) in [5.41, 5.74) is 1.25. The minimum atomic E-state index is -0.173. The molecule has 3 aliphatic rings. The van der Waals surface area contributed by atoms with E-state index < -0.39 is 0 Å². The average Bonchev–Trinajstić information content (AvgIpc) is 3.16. The van der Waals surface area contributed by atoms with E-state index >= 15 is 0 Å². The third-order valence-electron chi connectivity index (χ3n) is 7.81. The zero-order valence-electron chi connectivity index (χ0n) is 20.5. The number of nitrogens with zero attached hydrogens (tertiary/aromatic N) is 5. The number of pyridine rings is 1. The Morgan fingerprint density at radius 3 is 2.45 bits per heavy atom. The van der Waals surface area contributed by atoms with Crippen molar-refractivity contribution in [3.05, 3.63) is 23.9 Å². The quantitative estimate of drug-likeness (QED) is 0.676. The molecule has 0 aliphatic carbocycles. The summed E-state index contributed by atoms with van der Waals surface area (Å²) in [6.07, 6.45) is 5.81.